The third kappa shape index (κ3) is 5.26. The van der Waals surface area contributed by atoms with Crippen molar-refractivity contribution in [3.8, 4) is 0 Å². The van der Waals surface area contributed by atoms with Gasteiger partial charge < -0.3 is 15.1 Å². The molecule has 0 unspecified atom stereocenters. The fourth-order valence-corrected chi connectivity index (χ4v) is 2.56. The summed E-state index contributed by atoms with van der Waals surface area (Å²) < 4.78 is 0. The number of nitrogens with zero attached hydrogens (tertiary/aromatic N) is 4. The number of rotatable bonds is 7. The number of hydrogen-bond donors (Lipinski definition) is 1. The standard InChI is InChI=1S/C19H27N5O/c1-6-24(16-9-7-8-14(2)12-16)18-13-17(21-15(3)22-18)19(25)20-10-11-23(4)5/h7-9,12-13H,6,10-11H2,1-5H3,(H,20,25). The van der Waals surface area contributed by atoms with Crippen LogP contribution in [0.4, 0.5) is 11.5 Å². The summed E-state index contributed by atoms with van der Waals surface area (Å²) in [5.41, 5.74) is 2.63. The molecule has 1 aromatic carbocycles. The highest BCUT2D eigenvalue weighted by molar-refractivity contribution is 5.93. The van der Waals surface area contributed by atoms with Crippen molar-refractivity contribution < 1.29 is 4.79 Å². The first-order valence-electron chi connectivity index (χ1n) is 8.53. The van der Waals surface area contributed by atoms with Gasteiger partial charge in [-0.15, -0.1) is 0 Å². The number of nitrogens with one attached hydrogen (secondary N) is 1. The molecular formula is C19H27N5O. The normalized spacial score (nSPS) is 10.8. The van der Waals surface area contributed by atoms with E-state index in [4.69, 9.17) is 0 Å². The third-order valence-corrected chi connectivity index (χ3v) is 3.81. The number of carbonyl (C=O) groups excluding carboxylic acids is 1. The topological polar surface area (TPSA) is 61.4 Å². The molecule has 0 spiro atoms. The van der Waals surface area contributed by atoms with E-state index in [1.165, 1.54) is 5.56 Å². The van der Waals surface area contributed by atoms with E-state index in [2.05, 4.69) is 46.2 Å². The van der Waals surface area contributed by atoms with E-state index in [9.17, 15) is 4.79 Å². The summed E-state index contributed by atoms with van der Waals surface area (Å²) in [4.78, 5) is 25.3. The first-order valence-corrected chi connectivity index (χ1v) is 8.53. The molecule has 134 valence electrons. The molecule has 0 aliphatic rings. The first kappa shape index (κ1) is 18.9. The second kappa shape index (κ2) is 8.58. The van der Waals surface area contributed by atoms with Gasteiger partial charge in [-0.1, -0.05) is 12.1 Å². The van der Waals surface area contributed by atoms with Crippen LogP contribution >= 0.6 is 0 Å². The zero-order chi connectivity index (χ0) is 18.4. The maximum atomic E-state index is 12.4. The summed E-state index contributed by atoms with van der Waals surface area (Å²) >= 11 is 0. The van der Waals surface area contributed by atoms with Crippen LogP contribution in [0.1, 0.15) is 28.8 Å². The van der Waals surface area contributed by atoms with E-state index in [1.54, 1.807) is 6.07 Å². The van der Waals surface area contributed by atoms with Crippen molar-refractivity contribution in [2.75, 3.05) is 38.6 Å². The van der Waals surface area contributed by atoms with Gasteiger partial charge >= 0.3 is 0 Å². The average Bonchev–Trinajstić information content (AvgIpc) is 2.54. The second-order valence-electron chi connectivity index (χ2n) is 6.30. The minimum atomic E-state index is -0.172. The predicted octanol–water partition coefficient (Wildman–Crippen LogP) is 2.54. The van der Waals surface area contributed by atoms with Crippen LogP contribution in [-0.4, -0.2) is 54.5 Å². The van der Waals surface area contributed by atoms with Gasteiger partial charge in [0.15, 0.2) is 0 Å². The number of likely N-dealkylation sites (N-methyl/N-ethyl adjacent to an activating group) is 1. The molecule has 2 rings (SSSR count). The molecular weight excluding hydrogens is 314 g/mol. The Morgan fingerprint density at radius 1 is 1.16 bits per heavy atom. The molecule has 6 nitrogen and oxygen atoms in total. The molecule has 0 saturated carbocycles. The molecule has 2 aromatic rings. The number of hydrogen-bond acceptors (Lipinski definition) is 5. The van der Waals surface area contributed by atoms with Crippen LogP contribution in [0.15, 0.2) is 30.3 Å². The van der Waals surface area contributed by atoms with Crippen LogP contribution in [0.2, 0.25) is 0 Å². The Balaban J connectivity index is 2.26. The van der Waals surface area contributed by atoms with E-state index in [1.807, 2.05) is 38.1 Å². The summed E-state index contributed by atoms with van der Waals surface area (Å²) in [5, 5.41) is 2.90. The van der Waals surface area contributed by atoms with Gasteiger partial charge in [0.2, 0.25) is 0 Å². The lowest BCUT2D eigenvalue weighted by Crippen LogP contribution is -2.32. The van der Waals surface area contributed by atoms with Crippen molar-refractivity contribution in [2.45, 2.75) is 20.8 Å². The summed E-state index contributed by atoms with van der Waals surface area (Å²) in [6.07, 6.45) is 0. The van der Waals surface area contributed by atoms with Gasteiger partial charge in [-0.25, -0.2) is 9.97 Å². The first-order chi connectivity index (χ1) is 11.9. The van der Waals surface area contributed by atoms with Crippen molar-refractivity contribution in [2.24, 2.45) is 0 Å². The molecule has 1 N–H and O–H groups in total. The Hall–Kier alpha value is -2.47. The van der Waals surface area contributed by atoms with Crippen molar-refractivity contribution >= 4 is 17.4 Å². The minimum absolute atomic E-state index is 0.172. The fourth-order valence-electron chi connectivity index (χ4n) is 2.56. The number of carbonyl (C=O) groups is 1. The maximum Gasteiger partial charge on any atom is 0.270 e. The SMILES string of the molecule is CCN(c1cccc(C)c1)c1cc(C(=O)NCCN(C)C)nc(C)n1. The lowest BCUT2D eigenvalue weighted by atomic mass is 10.2. The number of amides is 1. The Labute approximate surface area is 149 Å². The molecule has 1 amide bonds. The summed E-state index contributed by atoms with van der Waals surface area (Å²) in [5.74, 6) is 1.15. The van der Waals surface area contributed by atoms with Gasteiger partial charge in [-0.05, 0) is 52.6 Å². The van der Waals surface area contributed by atoms with E-state index in [0.29, 0.717) is 18.1 Å². The third-order valence-electron chi connectivity index (χ3n) is 3.81. The quantitative estimate of drug-likeness (QED) is 0.838. The Kier molecular flexibility index (Phi) is 6.47. The van der Waals surface area contributed by atoms with Crippen molar-refractivity contribution in [3.63, 3.8) is 0 Å². The lowest BCUT2D eigenvalue weighted by molar-refractivity contribution is 0.0945. The summed E-state index contributed by atoms with van der Waals surface area (Å²) in [6.45, 7) is 8.06. The largest absolute Gasteiger partial charge is 0.349 e. The number of benzene rings is 1. The summed E-state index contributed by atoms with van der Waals surface area (Å²) in [6, 6.07) is 9.99. The van der Waals surface area contributed by atoms with E-state index < -0.39 is 0 Å². The van der Waals surface area contributed by atoms with Crippen molar-refractivity contribution in [1.82, 2.24) is 20.2 Å². The molecule has 0 aliphatic carbocycles. The molecule has 25 heavy (non-hydrogen) atoms. The number of aromatic nitrogens is 2. The molecule has 1 heterocycles. The van der Waals surface area contributed by atoms with Gasteiger partial charge in [0, 0.05) is 31.4 Å². The van der Waals surface area contributed by atoms with Crippen LogP contribution in [0, 0.1) is 13.8 Å². The maximum absolute atomic E-state index is 12.4. The molecule has 0 radical (unpaired) electrons. The molecule has 0 saturated heterocycles. The van der Waals surface area contributed by atoms with Gasteiger partial charge in [0.05, 0.1) is 0 Å². The predicted molar refractivity (Wildman–Crippen MR) is 102 cm³/mol. The molecule has 0 fully saturated rings. The van der Waals surface area contributed by atoms with Crippen LogP contribution < -0.4 is 10.2 Å². The highest BCUT2D eigenvalue weighted by atomic mass is 16.1. The monoisotopic (exact) mass is 341 g/mol. The Bertz CT molecular complexity index is 730. The smallest absolute Gasteiger partial charge is 0.270 e. The Morgan fingerprint density at radius 3 is 2.56 bits per heavy atom. The van der Waals surface area contributed by atoms with Crippen molar-refractivity contribution in [1.29, 1.82) is 0 Å². The highest BCUT2D eigenvalue weighted by Gasteiger charge is 2.15. The number of anilines is 2. The minimum Gasteiger partial charge on any atom is -0.349 e. The van der Waals surface area contributed by atoms with E-state index >= 15 is 0 Å². The van der Waals surface area contributed by atoms with Gasteiger partial charge in [0.1, 0.15) is 17.3 Å². The van der Waals surface area contributed by atoms with Crippen LogP contribution in [-0.2, 0) is 0 Å². The van der Waals surface area contributed by atoms with Crippen LogP contribution in [0.3, 0.4) is 0 Å². The molecule has 0 bridgehead atoms. The molecule has 0 atom stereocenters. The highest BCUT2D eigenvalue weighted by Crippen LogP contribution is 2.24. The molecule has 0 aliphatic heterocycles. The second-order valence-corrected chi connectivity index (χ2v) is 6.30. The van der Waals surface area contributed by atoms with Gasteiger partial charge in [-0.3, -0.25) is 4.79 Å². The van der Waals surface area contributed by atoms with Crippen LogP contribution in [0.5, 0.6) is 0 Å². The number of aryl methyl sites for hydroxylation is 2. The van der Waals surface area contributed by atoms with Crippen LogP contribution in [0.25, 0.3) is 0 Å². The zero-order valence-electron chi connectivity index (χ0n) is 15.7. The lowest BCUT2D eigenvalue weighted by Gasteiger charge is -2.23. The molecule has 6 heteroatoms. The Morgan fingerprint density at radius 2 is 1.92 bits per heavy atom. The average molecular weight is 341 g/mol. The summed E-state index contributed by atoms with van der Waals surface area (Å²) in [7, 11) is 3.94. The fraction of sp³-hybridized carbons (Fsp3) is 0.421. The van der Waals surface area contributed by atoms with Gasteiger partial charge in [-0.2, -0.15) is 0 Å². The van der Waals surface area contributed by atoms with E-state index in [0.717, 1.165) is 24.6 Å². The van der Waals surface area contributed by atoms with Gasteiger partial charge in [0.25, 0.3) is 5.91 Å². The molecule has 1 aromatic heterocycles. The zero-order valence-corrected chi connectivity index (χ0v) is 15.7. The van der Waals surface area contributed by atoms with Crippen molar-refractivity contribution in [3.05, 3.63) is 47.4 Å². The van der Waals surface area contributed by atoms with E-state index in [-0.39, 0.29) is 5.91 Å².